The zero-order chi connectivity index (χ0) is 22.7. The van der Waals surface area contributed by atoms with Gasteiger partial charge in [0.2, 0.25) is 0 Å². The second-order valence-electron chi connectivity index (χ2n) is 8.31. The number of aromatic nitrogens is 1. The molecule has 0 atom stereocenters. The number of rotatable bonds is 7. The van der Waals surface area contributed by atoms with E-state index in [0.29, 0.717) is 6.61 Å². The molecule has 1 heterocycles. The number of hydrogen-bond donors (Lipinski definition) is 0. The SMILES string of the molecule is CCc1cccc(CC)c1-c1nc(C)c(COc2cc(C)c(C)c(C)c2)c(OC)c1C. The Bertz CT molecular complexity index is 1050. The Hall–Kier alpha value is -2.81. The van der Waals surface area contributed by atoms with Crippen molar-refractivity contribution in [3.8, 4) is 22.8 Å². The molecule has 0 aliphatic rings. The third-order valence-electron chi connectivity index (χ3n) is 6.41. The third-order valence-corrected chi connectivity index (χ3v) is 6.41. The molecule has 3 rings (SSSR count). The minimum absolute atomic E-state index is 0.432. The smallest absolute Gasteiger partial charge is 0.132 e. The molecular weight excluding hydrogens is 382 g/mol. The summed E-state index contributed by atoms with van der Waals surface area (Å²) in [6.07, 6.45) is 1.95. The molecule has 3 heteroatoms. The quantitative estimate of drug-likeness (QED) is 0.414. The highest BCUT2D eigenvalue weighted by Crippen LogP contribution is 2.37. The maximum Gasteiger partial charge on any atom is 0.132 e. The van der Waals surface area contributed by atoms with Gasteiger partial charge in [0.1, 0.15) is 18.1 Å². The standard InChI is InChI=1S/C28H35NO2/c1-9-22-12-11-13-23(10-2)26(22)27-20(6)28(30-8)25(21(7)29-27)16-31-24-14-17(3)19(5)18(4)15-24/h11-15H,9-10,16H2,1-8H3. The highest BCUT2D eigenvalue weighted by Gasteiger charge is 2.20. The van der Waals surface area contributed by atoms with Crippen LogP contribution in [0.25, 0.3) is 11.3 Å². The molecule has 0 N–H and O–H groups in total. The van der Waals surface area contributed by atoms with Gasteiger partial charge in [0.15, 0.2) is 0 Å². The first-order valence-electron chi connectivity index (χ1n) is 11.2. The van der Waals surface area contributed by atoms with E-state index in [-0.39, 0.29) is 0 Å². The van der Waals surface area contributed by atoms with Crippen molar-refractivity contribution < 1.29 is 9.47 Å². The van der Waals surface area contributed by atoms with Crippen LogP contribution in [0.5, 0.6) is 11.5 Å². The Morgan fingerprint density at radius 1 is 0.839 bits per heavy atom. The molecule has 2 aromatic carbocycles. The highest BCUT2D eigenvalue weighted by molar-refractivity contribution is 5.73. The van der Waals surface area contributed by atoms with E-state index in [1.807, 2.05) is 0 Å². The summed E-state index contributed by atoms with van der Waals surface area (Å²) in [5.41, 5.74) is 11.7. The van der Waals surface area contributed by atoms with Crippen LogP contribution < -0.4 is 9.47 Å². The van der Waals surface area contributed by atoms with Crippen molar-refractivity contribution in [2.75, 3.05) is 7.11 Å². The molecule has 0 saturated carbocycles. The lowest BCUT2D eigenvalue weighted by Crippen LogP contribution is -2.08. The molecule has 0 spiro atoms. The lowest BCUT2D eigenvalue weighted by atomic mass is 9.91. The van der Waals surface area contributed by atoms with Gasteiger partial charge in [-0.25, -0.2) is 0 Å². The van der Waals surface area contributed by atoms with Crippen molar-refractivity contribution >= 4 is 0 Å². The van der Waals surface area contributed by atoms with Crippen LogP contribution in [0, 0.1) is 34.6 Å². The van der Waals surface area contributed by atoms with Gasteiger partial charge in [-0.05, 0) is 87.4 Å². The Kier molecular flexibility index (Phi) is 7.04. The van der Waals surface area contributed by atoms with E-state index < -0.39 is 0 Å². The lowest BCUT2D eigenvalue weighted by Gasteiger charge is -2.21. The first-order valence-corrected chi connectivity index (χ1v) is 11.2. The molecule has 0 bridgehead atoms. The molecule has 1 aromatic heterocycles. The van der Waals surface area contributed by atoms with Gasteiger partial charge < -0.3 is 9.47 Å². The second kappa shape index (κ2) is 9.55. The minimum Gasteiger partial charge on any atom is -0.496 e. The number of aryl methyl sites for hydroxylation is 5. The number of nitrogens with zero attached hydrogens (tertiary/aromatic N) is 1. The summed E-state index contributed by atoms with van der Waals surface area (Å²) in [4.78, 5) is 5.07. The largest absolute Gasteiger partial charge is 0.496 e. The summed E-state index contributed by atoms with van der Waals surface area (Å²) in [5, 5.41) is 0. The molecule has 0 saturated heterocycles. The monoisotopic (exact) mass is 417 g/mol. The first kappa shape index (κ1) is 22.9. The van der Waals surface area contributed by atoms with Crippen LogP contribution in [-0.2, 0) is 19.4 Å². The maximum atomic E-state index is 6.20. The lowest BCUT2D eigenvalue weighted by molar-refractivity contribution is 0.294. The molecule has 164 valence electrons. The number of benzene rings is 2. The molecule has 0 aliphatic heterocycles. The van der Waals surface area contributed by atoms with Gasteiger partial charge in [-0.1, -0.05) is 32.0 Å². The molecule has 0 fully saturated rings. The molecule has 0 radical (unpaired) electrons. The fourth-order valence-corrected chi connectivity index (χ4v) is 4.29. The molecule has 31 heavy (non-hydrogen) atoms. The van der Waals surface area contributed by atoms with E-state index in [2.05, 4.69) is 78.8 Å². The molecule has 0 aliphatic carbocycles. The van der Waals surface area contributed by atoms with Gasteiger partial charge in [0.25, 0.3) is 0 Å². The predicted octanol–water partition coefficient (Wildman–Crippen LogP) is 7.00. The van der Waals surface area contributed by atoms with Crippen molar-refractivity contribution in [1.82, 2.24) is 4.98 Å². The summed E-state index contributed by atoms with van der Waals surface area (Å²) in [7, 11) is 1.74. The first-order chi connectivity index (χ1) is 14.8. The number of methoxy groups -OCH3 is 1. The number of hydrogen-bond acceptors (Lipinski definition) is 3. The van der Waals surface area contributed by atoms with Crippen LogP contribution >= 0.6 is 0 Å². The van der Waals surface area contributed by atoms with E-state index in [1.54, 1.807) is 7.11 Å². The summed E-state index contributed by atoms with van der Waals surface area (Å²) in [6, 6.07) is 10.8. The molecule has 0 amide bonds. The Labute approximate surface area is 187 Å². The van der Waals surface area contributed by atoms with E-state index in [0.717, 1.165) is 46.9 Å². The topological polar surface area (TPSA) is 31.4 Å². The molecule has 3 nitrogen and oxygen atoms in total. The average molecular weight is 418 g/mol. The van der Waals surface area contributed by atoms with Crippen molar-refractivity contribution in [3.05, 3.63) is 75.0 Å². The Morgan fingerprint density at radius 2 is 1.42 bits per heavy atom. The highest BCUT2D eigenvalue weighted by atomic mass is 16.5. The predicted molar refractivity (Wildman–Crippen MR) is 129 cm³/mol. The van der Waals surface area contributed by atoms with E-state index in [1.165, 1.54) is 33.4 Å². The average Bonchev–Trinajstić information content (AvgIpc) is 2.76. The van der Waals surface area contributed by atoms with E-state index >= 15 is 0 Å². The molecule has 0 unspecified atom stereocenters. The van der Waals surface area contributed by atoms with Crippen LogP contribution in [0.1, 0.15) is 58.5 Å². The van der Waals surface area contributed by atoms with Crippen molar-refractivity contribution in [1.29, 1.82) is 0 Å². The van der Waals surface area contributed by atoms with Crippen LogP contribution in [0.3, 0.4) is 0 Å². The zero-order valence-electron chi connectivity index (χ0n) is 20.3. The zero-order valence-corrected chi connectivity index (χ0v) is 20.3. The normalized spacial score (nSPS) is 11.0. The van der Waals surface area contributed by atoms with Gasteiger partial charge in [-0.15, -0.1) is 0 Å². The second-order valence-corrected chi connectivity index (χ2v) is 8.31. The number of ether oxygens (including phenoxy) is 2. The fraction of sp³-hybridized carbons (Fsp3) is 0.393. The Balaban J connectivity index is 2.06. The van der Waals surface area contributed by atoms with Crippen LogP contribution in [0.4, 0.5) is 0 Å². The van der Waals surface area contributed by atoms with Gasteiger partial charge in [0, 0.05) is 16.8 Å². The fourth-order valence-electron chi connectivity index (χ4n) is 4.29. The molecular formula is C28H35NO2. The van der Waals surface area contributed by atoms with Crippen LogP contribution in [0.15, 0.2) is 30.3 Å². The van der Waals surface area contributed by atoms with Gasteiger partial charge in [-0.3, -0.25) is 4.98 Å². The van der Waals surface area contributed by atoms with Crippen molar-refractivity contribution in [3.63, 3.8) is 0 Å². The van der Waals surface area contributed by atoms with Gasteiger partial charge >= 0.3 is 0 Å². The third kappa shape index (κ3) is 4.46. The van der Waals surface area contributed by atoms with E-state index in [4.69, 9.17) is 14.5 Å². The number of pyridine rings is 1. The van der Waals surface area contributed by atoms with Gasteiger partial charge in [-0.2, -0.15) is 0 Å². The summed E-state index contributed by atoms with van der Waals surface area (Å²) in [5.74, 6) is 1.75. The van der Waals surface area contributed by atoms with Gasteiger partial charge in [0.05, 0.1) is 18.4 Å². The van der Waals surface area contributed by atoms with Crippen molar-refractivity contribution in [2.24, 2.45) is 0 Å². The van der Waals surface area contributed by atoms with E-state index in [9.17, 15) is 0 Å². The van der Waals surface area contributed by atoms with Crippen LogP contribution in [-0.4, -0.2) is 12.1 Å². The summed E-state index contributed by atoms with van der Waals surface area (Å²) in [6.45, 7) is 15.4. The van der Waals surface area contributed by atoms with Crippen molar-refractivity contribution in [2.45, 2.75) is 67.9 Å². The minimum atomic E-state index is 0.432. The van der Waals surface area contributed by atoms with Crippen LogP contribution in [0.2, 0.25) is 0 Å². The Morgan fingerprint density at radius 3 is 1.94 bits per heavy atom. The molecule has 3 aromatic rings. The summed E-state index contributed by atoms with van der Waals surface area (Å²) < 4.78 is 12.1. The maximum absolute atomic E-state index is 6.20. The summed E-state index contributed by atoms with van der Waals surface area (Å²) >= 11 is 0.